The number of pyridine rings is 1. The van der Waals surface area contributed by atoms with E-state index in [1.54, 1.807) is 42.5 Å². The van der Waals surface area contributed by atoms with Crippen molar-refractivity contribution >= 4 is 32.8 Å². The third kappa shape index (κ3) is 5.25. The summed E-state index contributed by atoms with van der Waals surface area (Å²) in [4.78, 5) is 15.6. The number of thioether (sulfide) groups is 1. The fraction of sp³-hybridized carbons (Fsp3) is 0.0952. The highest BCUT2D eigenvalue weighted by Crippen LogP contribution is 2.27. The number of aromatic nitrogens is 1. The molecule has 3 aromatic rings. The zero-order valence-corrected chi connectivity index (χ0v) is 17.6. The van der Waals surface area contributed by atoms with Crippen molar-refractivity contribution in [3.8, 4) is 5.75 Å². The molecule has 0 saturated heterocycles. The first-order chi connectivity index (χ1) is 14.4. The van der Waals surface area contributed by atoms with Crippen molar-refractivity contribution in [2.24, 2.45) is 4.40 Å². The third-order valence-corrected chi connectivity index (χ3v) is 6.30. The van der Waals surface area contributed by atoms with Crippen LogP contribution >= 0.6 is 11.8 Å². The molecule has 3 rings (SSSR count). The van der Waals surface area contributed by atoms with Crippen molar-refractivity contribution in [1.82, 2.24) is 4.98 Å². The second-order valence-corrected chi connectivity index (χ2v) is 8.49. The Kier molecular flexibility index (Phi) is 6.86. The minimum absolute atomic E-state index is 0.000497. The van der Waals surface area contributed by atoms with Crippen molar-refractivity contribution in [1.29, 1.82) is 0 Å². The van der Waals surface area contributed by atoms with E-state index in [9.17, 15) is 18.3 Å². The molecule has 30 heavy (non-hydrogen) atoms. The van der Waals surface area contributed by atoms with E-state index in [4.69, 9.17) is 4.74 Å². The SMILES string of the molecule is CCOc1ccc(S(=O)(=O)/N=C(\Sc2ncccc2C(=O)O)c2ccccc2)cc1. The van der Waals surface area contributed by atoms with Crippen LogP contribution in [-0.2, 0) is 10.0 Å². The van der Waals surface area contributed by atoms with Crippen LogP contribution in [0, 0.1) is 0 Å². The van der Waals surface area contributed by atoms with Crippen LogP contribution in [0.25, 0.3) is 0 Å². The number of aromatic carboxylic acids is 1. The van der Waals surface area contributed by atoms with Gasteiger partial charge in [-0.15, -0.1) is 0 Å². The Balaban J connectivity index is 2.04. The molecule has 2 aromatic carbocycles. The van der Waals surface area contributed by atoms with Crippen LogP contribution < -0.4 is 4.74 Å². The summed E-state index contributed by atoms with van der Waals surface area (Å²) in [6.07, 6.45) is 1.44. The van der Waals surface area contributed by atoms with Crippen LogP contribution in [0.3, 0.4) is 0 Å². The van der Waals surface area contributed by atoms with Gasteiger partial charge in [-0.05, 0) is 55.1 Å². The molecule has 154 valence electrons. The zero-order valence-electron chi connectivity index (χ0n) is 15.9. The molecule has 0 fully saturated rings. The van der Waals surface area contributed by atoms with Gasteiger partial charge in [-0.25, -0.2) is 9.78 Å². The standard InChI is InChI=1S/C21H18N2O5S2/c1-2-28-16-10-12-17(13-11-16)30(26,27)23-19(15-7-4-3-5-8-15)29-20-18(21(24)25)9-6-14-22-20/h3-14H,2H2,1H3,(H,24,25)/b23-19-. The maximum Gasteiger partial charge on any atom is 0.338 e. The smallest absolute Gasteiger partial charge is 0.338 e. The average molecular weight is 443 g/mol. The van der Waals surface area contributed by atoms with Gasteiger partial charge < -0.3 is 9.84 Å². The highest BCUT2D eigenvalue weighted by atomic mass is 32.2. The number of ether oxygens (including phenoxy) is 1. The quantitative estimate of drug-likeness (QED) is 0.333. The predicted octanol–water partition coefficient (Wildman–Crippen LogP) is 4.11. The first kappa shape index (κ1) is 21.5. The van der Waals surface area contributed by atoms with Crippen LogP contribution in [-0.4, -0.2) is 36.1 Å². The van der Waals surface area contributed by atoms with E-state index in [-0.39, 0.29) is 20.5 Å². The highest BCUT2D eigenvalue weighted by molar-refractivity contribution is 8.15. The van der Waals surface area contributed by atoms with Crippen LogP contribution in [0.1, 0.15) is 22.8 Å². The molecule has 0 saturated carbocycles. The molecule has 9 heteroatoms. The number of carboxylic acid groups (broad SMARTS) is 1. The van der Waals surface area contributed by atoms with E-state index in [2.05, 4.69) is 9.38 Å². The lowest BCUT2D eigenvalue weighted by molar-refractivity contribution is 0.0692. The van der Waals surface area contributed by atoms with Gasteiger partial charge in [-0.2, -0.15) is 12.8 Å². The molecule has 0 atom stereocenters. The number of rotatable bonds is 7. The summed E-state index contributed by atoms with van der Waals surface area (Å²) in [6.45, 7) is 2.30. The molecular weight excluding hydrogens is 424 g/mol. The molecule has 1 N–H and O–H groups in total. The van der Waals surface area contributed by atoms with Gasteiger partial charge >= 0.3 is 5.97 Å². The molecule has 7 nitrogen and oxygen atoms in total. The molecule has 0 radical (unpaired) electrons. The van der Waals surface area contributed by atoms with Crippen molar-refractivity contribution in [2.75, 3.05) is 6.61 Å². The van der Waals surface area contributed by atoms with Crippen molar-refractivity contribution in [3.05, 3.63) is 84.1 Å². The maximum atomic E-state index is 12.9. The van der Waals surface area contributed by atoms with E-state index in [1.165, 1.54) is 30.5 Å². The minimum atomic E-state index is -4.06. The molecule has 1 heterocycles. The number of carbonyl (C=O) groups is 1. The topological polar surface area (TPSA) is 106 Å². The summed E-state index contributed by atoms with van der Waals surface area (Å²) in [6, 6.07) is 17.5. The van der Waals surface area contributed by atoms with Gasteiger partial charge in [0.05, 0.1) is 17.1 Å². The molecule has 0 spiro atoms. The van der Waals surface area contributed by atoms with Crippen LogP contribution in [0.15, 0.2) is 87.2 Å². The third-order valence-electron chi connectivity index (χ3n) is 3.85. The molecule has 0 unspecified atom stereocenters. The van der Waals surface area contributed by atoms with Gasteiger partial charge in [-0.3, -0.25) is 0 Å². The van der Waals surface area contributed by atoms with E-state index in [0.29, 0.717) is 17.9 Å². The fourth-order valence-electron chi connectivity index (χ4n) is 2.47. The van der Waals surface area contributed by atoms with Crippen molar-refractivity contribution in [2.45, 2.75) is 16.8 Å². The highest BCUT2D eigenvalue weighted by Gasteiger charge is 2.20. The molecule has 0 amide bonds. The monoisotopic (exact) mass is 442 g/mol. The summed E-state index contributed by atoms with van der Waals surface area (Å²) < 4.78 is 35.2. The van der Waals surface area contributed by atoms with Gasteiger partial charge in [0.25, 0.3) is 10.0 Å². The van der Waals surface area contributed by atoms with Crippen molar-refractivity contribution < 1.29 is 23.1 Å². The largest absolute Gasteiger partial charge is 0.494 e. The van der Waals surface area contributed by atoms with E-state index in [1.807, 2.05) is 6.92 Å². The lowest BCUT2D eigenvalue weighted by Crippen LogP contribution is -2.06. The Morgan fingerprint density at radius 1 is 1.07 bits per heavy atom. The Morgan fingerprint density at radius 3 is 2.40 bits per heavy atom. The van der Waals surface area contributed by atoms with Gasteiger partial charge in [0.2, 0.25) is 0 Å². The summed E-state index contributed by atoms with van der Waals surface area (Å²) in [5.74, 6) is -0.606. The van der Waals surface area contributed by atoms with Gasteiger partial charge in [0.15, 0.2) is 0 Å². The second-order valence-electron chi connectivity index (χ2n) is 5.91. The first-order valence-electron chi connectivity index (χ1n) is 8.90. The number of hydrogen-bond acceptors (Lipinski definition) is 6. The Hall–Kier alpha value is -3.17. The number of hydrogen-bond donors (Lipinski definition) is 1. The van der Waals surface area contributed by atoms with Crippen LogP contribution in [0.5, 0.6) is 5.75 Å². The lowest BCUT2D eigenvalue weighted by atomic mass is 10.2. The normalized spacial score (nSPS) is 11.8. The average Bonchev–Trinajstić information content (AvgIpc) is 2.74. The summed E-state index contributed by atoms with van der Waals surface area (Å²) in [7, 11) is -4.06. The zero-order chi connectivity index (χ0) is 21.6. The Labute approximate surface area is 178 Å². The molecule has 0 aliphatic heterocycles. The number of benzene rings is 2. The van der Waals surface area contributed by atoms with Crippen LogP contribution in [0.4, 0.5) is 0 Å². The molecule has 0 aliphatic rings. The molecular formula is C21H18N2O5S2. The Morgan fingerprint density at radius 2 is 1.77 bits per heavy atom. The number of nitrogens with zero attached hydrogens (tertiary/aromatic N) is 2. The summed E-state index contributed by atoms with van der Waals surface area (Å²) in [5.41, 5.74) is 0.489. The van der Waals surface area contributed by atoms with E-state index in [0.717, 1.165) is 11.8 Å². The summed E-state index contributed by atoms with van der Waals surface area (Å²) in [5, 5.41) is 9.67. The predicted molar refractivity (Wildman–Crippen MR) is 115 cm³/mol. The van der Waals surface area contributed by atoms with Gasteiger partial charge in [-0.1, -0.05) is 30.3 Å². The minimum Gasteiger partial charge on any atom is -0.494 e. The number of carboxylic acids is 1. The fourth-order valence-corrected chi connectivity index (χ4v) is 4.64. The molecule has 0 aliphatic carbocycles. The number of sulfonamides is 1. The van der Waals surface area contributed by atoms with E-state index < -0.39 is 16.0 Å². The first-order valence-corrected chi connectivity index (χ1v) is 11.2. The Bertz CT molecular complexity index is 1160. The second kappa shape index (κ2) is 9.55. The van der Waals surface area contributed by atoms with Crippen LogP contribution in [0.2, 0.25) is 0 Å². The van der Waals surface area contributed by atoms with Gasteiger partial charge in [0.1, 0.15) is 15.8 Å². The maximum absolute atomic E-state index is 12.9. The molecule has 1 aromatic heterocycles. The van der Waals surface area contributed by atoms with Crippen molar-refractivity contribution in [3.63, 3.8) is 0 Å². The molecule has 0 bridgehead atoms. The van der Waals surface area contributed by atoms with Gasteiger partial charge in [0, 0.05) is 11.8 Å². The summed E-state index contributed by atoms with van der Waals surface area (Å²) >= 11 is 0.884. The van der Waals surface area contributed by atoms with E-state index >= 15 is 0 Å². The lowest BCUT2D eigenvalue weighted by Gasteiger charge is -2.09.